The first-order valence-electron chi connectivity index (χ1n) is 8.25. The van der Waals surface area contributed by atoms with Gasteiger partial charge in [-0.25, -0.2) is 0 Å². The van der Waals surface area contributed by atoms with E-state index in [1.54, 1.807) is 11.8 Å². The molecule has 1 atom stereocenters. The molecule has 0 aliphatic carbocycles. The van der Waals surface area contributed by atoms with Gasteiger partial charge in [0.05, 0.1) is 5.25 Å². The van der Waals surface area contributed by atoms with E-state index in [-0.39, 0.29) is 23.2 Å². The van der Waals surface area contributed by atoms with Gasteiger partial charge in [0, 0.05) is 24.6 Å². The second-order valence-corrected chi connectivity index (χ2v) is 7.44. The first kappa shape index (κ1) is 17.4. The molecule has 0 spiro atoms. The summed E-state index contributed by atoms with van der Waals surface area (Å²) in [6.07, 6.45) is 3.66. The molecule has 0 saturated carbocycles. The van der Waals surface area contributed by atoms with Gasteiger partial charge >= 0.3 is 0 Å². The zero-order valence-electron chi connectivity index (χ0n) is 13.6. The highest BCUT2D eigenvalue weighted by Crippen LogP contribution is 2.35. The molecule has 1 saturated heterocycles. The van der Waals surface area contributed by atoms with Crippen molar-refractivity contribution in [1.29, 1.82) is 0 Å². The Morgan fingerprint density at radius 3 is 2.41 bits per heavy atom. The van der Waals surface area contributed by atoms with Gasteiger partial charge in [-0.15, -0.1) is 11.8 Å². The molecule has 22 heavy (non-hydrogen) atoms. The number of thioether (sulfide) groups is 1. The molecule has 0 bridgehead atoms. The lowest BCUT2D eigenvalue weighted by molar-refractivity contribution is -0.133. The van der Waals surface area contributed by atoms with Gasteiger partial charge in [-0.1, -0.05) is 32.0 Å². The minimum atomic E-state index is -0.00865. The highest BCUT2D eigenvalue weighted by Gasteiger charge is 2.35. The van der Waals surface area contributed by atoms with Gasteiger partial charge < -0.3 is 10.0 Å². The van der Waals surface area contributed by atoms with Gasteiger partial charge in [-0.05, 0) is 43.2 Å². The molecule has 4 heteroatoms. The van der Waals surface area contributed by atoms with Crippen LogP contribution in [0.25, 0.3) is 0 Å². The average molecular weight is 321 g/mol. The molecule has 1 fully saturated rings. The molecule has 0 aromatic heterocycles. The Hall–Kier alpha value is -1.00. The van der Waals surface area contributed by atoms with Crippen molar-refractivity contribution < 1.29 is 9.90 Å². The van der Waals surface area contributed by atoms with Gasteiger partial charge in [0.2, 0.25) is 5.91 Å². The van der Waals surface area contributed by atoms with Crippen LogP contribution in [-0.4, -0.2) is 40.9 Å². The predicted molar refractivity (Wildman–Crippen MR) is 92.0 cm³/mol. The number of rotatable bonds is 6. The molecule has 1 N–H and O–H groups in total. The molecule has 122 valence electrons. The standard InChI is InChI=1S/C18H27NO2S/c1-3-16(22-15-8-6-5-7-9-15)17(21)19-12-10-18(4-2,14-20)11-13-19/h5-9,16,20H,3-4,10-14H2,1-2H3. The third-order valence-electron chi connectivity index (χ3n) is 4.89. The summed E-state index contributed by atoms with van der Waals surface area (Å²) in [5.74, 6) is 0.249. The quantitative estimate of drug-likeness (QED) is 0.814. The number of aliphatic hydroxyl groups is 1. The van der Waals surface area contributed by atoms with E-state index < -0.39 is 0 Å². The van der Waals surface area contributed by atoms with Crippen LogP contribution >= 0.6 is 11.8 Å². The number of benzene rings is 1. The van der Waals surface area contributed by atoms with Gasteiger partial charge in [-0.3, -0.25) is 4.79 Å². The lowest BCUT2D eigenvalue weighted by Crippen LogP contribution is -2.47. The minimum Gasteiger partial charge on any atom is -0.396 e. The van der Waals surface area contributed by atoms with Crippen LogP contribution in [0.1, 0.15) is 39.5 Å². The smallest absolute Gasteiger partial charge is 0.236 e. The summed E-state index contributed by atoms with van der Waals surface area (Å²) in [5.41, 5.74) is 0.0328. The summed E-state index contributed by atoms with van der Waals surface area (Å²) < 4.78 is 0. The fourth-order valence-electron chi connectivity index (χ4n) is 3.00. The van der Waals surface area contributed by atoms with E-state index in [0.717, 1.165) is 43.7 Å². The molecule has 1 unspecified atom stereocenters. The van der Waals surface area contributed by atoms with Crippen LogP contribution in [0.3, 0.4) is 0 Å². The summed E-state index contributed by atoms with van der Waals surface area (Å²) in [6.45, 7) is 6.00. The maximum Gasteiger partial charge on any atom is 0.236 e. The Labute approximate surface area is 138 Å². The molecule has 1 aromatic rings. The molecular formula is C18H27NO2S. The third kappa shape index (κ3) is 4.05. The van der Waals surface area contributed by atoms with Crippen LogP contribution in [0.15, 0.2) is 35.2 Å². The van der Waals surface area contributed by atoms with Crippen LogP contribution in [0.5, 0.6) is 0 Å². The van der Waals surface area contributed by atoms with Crippen LogP contribution in [0.4, 0.5) is 0 Å². The Kier molecular flexibility index (Phi) is 6.33. The number of amides is 1. The summed E-state index contributed by atoms with van der Waals surface area (Å²) in [7, 11) is 0. The van der Waals surface area contributed by atoms with Crippen molar-refractivity contribution in [3.63, 3.8) is 0 Å². The normalized spacial score (nSPS) is 19.0. The molecular weight excluding hydrogens is 294 g/mol. The van der Waals surface area contributed by atoms with Gasteiger partial charge in [0.25, 0.3) is 0 Å². The van der Waals surface area contributed by atoms with Crippen molar-refractivity contribution in [3.05, 3.63) is 30.3 Å². The lowest BCUT2D eigenvalue weighted by Gasteiger charge is -2.41. The molecule has 1 aliphatic rings. The van der Waals surface area contributed by atoms with E-state index in [2.05, 4.69) is 26.0 Å². The summed E-state index contributed by atoms with van der Waals surface area (Å²) in [6, 6.07) is 10.1. The number of likely N-dealkylation sites (tertiary alicyclic amines) is 1. The second-order valence-electron chi connectivity index (χ2n) is 6.16. The van der Waals surface area contributed by atoms with Crippen molar-refractivity contribution >= 4 is 17.7 Å². The minimum absolute atomic E-state index is 0.00865. The van der Waals surface area contributed by atoms with Gasteiger partial charge in [-0.2, -0.15) is 0 Å². The zero-order valence-corrected chi connectivity index (χ0v) is 14.4. The molecule has 1 amide bonds. The van der Waals surface area contributed by atoms with E-state index in [4.69, 9.17) is 0 Å². The molecule has 1 aromatic carbocycles. The number of hydrogen-bond donors (Lipinski definition) is 1. The van der Waals surface area contributed by atoms with Gasteiger partial charge in [0.1, 0.15) is 0 Å². The number of piperidine rings is 1. The van der Waals surface area contributed by atoms with Gasteiger partial charge in [0.15, 0.2) is 0 Å². The monoisotopic (exact) mass is 321 g/mol. The topological polar surface area (TPSA) is 40.5 Å². The first-order chi connectivity index (χ1) is 10.6. The largest absolute Gasteiger partial charge is 0.396 e. The van der Waals surface area contributed by atoms with Crippen molar-refractivity contribution in [1.82, 2.24) is 4.90 Å². The number of nitrogens with zero attached hydrogens (tertiary/aromatic N) is 1. The van der Waals surface area contributed by atoms with Crippen LogP contribution < -0.4 is 0 Å². The Morgan fingerprint density at radius 1 is 1.27 bits per heavy atom. The van der Waals surface area contributed by atoms with Crippen LogP contribution in [0.2, 0.25) is 0 Å². The maximum atomic E-state index is 12.8. The highest BCUT2D eigenvalue weighted by molar-refractivity contribution is 8.00. The van der Waals surface area contributed by atoms with Crippen molar-refractivity contribution in [2.24, 2.45) is 5.41 Å². The van der Waals surface area contributed by atoms with E-state index in [1.165, 1.54) is 0 Å². The van der Waals surface area contributed by atoms with E-state index >= 15 is 0 Å². The number of aliphatic hydroxyl groups excluding tert-OH is 1. The van der Waals surface area contributed by atoms with E-state index in [1.807, 2.05) is 23.1 Å². The Balaban J connectivity index is 1.95. The lowest BCUT2D eigenvalue weighted by atomic mass is 9.77. The number of carbonyl (C=O) groups is 1. The molecule has 2 rings (SSSR count). The maximum absolute atomic E-state index is 12.8. The van der Waals surface area contributed by atoms with Crippen molar-refractivity contribution in [3.8, 4) is 0 Å². The highest BCUT2D eigenvalue weighted by atomic mass is 32.2. The molecule has 1 aliphatic heterocycles. The Morgan fingerprint density at radius 2 is 1.91 bits per heavy atom. The van der Waals surface area contributed by atoms with Crippen LogP contribution in [-0.2, 0) is 4.79 Å². The average Bonchev–Trinajstić information content (AvgIpc) is 2.60. The summed E-state index contributed by atoms with van der Waals surface area (Å²) >= 11 is 1.66. The van der Waals surface area contributed by atoms with Crippen molar-refractivity contribution in [2.75, 3.05) is 19.7 Å². The third-order valence-corrected chi connectivity index (χ3v) is 6.25. The van der Waals surface area contributed by atoms with E-state index in [0.29, 0.717) is 0 Å². The fraction of sp³-hybridized carbons (Fsp3) is 0.611. The Bertz CT molecular complexity index is 463. The zero-order chi connectivity index (χ0) is 16.0. The summed E-state index contributed by atoms with van der Waals surface area (Å²) in [5, 5.41) is 9.60. The number of carbonyl (C=O) groups excluding carboxylic acids is 1. The molecule has 1 heterocycles. The summed E-state index contributed by atoms with van der Waals surface area (Å²) in [4.78, 5) is 15.9. The van der Waals surface area contributed by atoms with Crippen LogP contribution in [0, 0.1) is 5.41 Å². The second kappa shape index (κ2) is 8.02. The van der Waals surface area contributed by atoms with Crippen molar-refractivity contribution in [2.45, 2.75) is 49.7 Å². The number of hydrogen-bond acceptors (Lipinski definition) is 3. The predicted octanol–water partition coefficient (Wildman–Crippen LogP) is 3.57. The van der Waals surface area contributed by atoms with E-state index in [9.17, 15) is 9.90 Å². The fourth-order valence-corrected chi connectivity index (χ4v) is 4.06. The first-order valence-corrected chi connectivity index (χ1v) is 9.13. The SMILES string of the molecule is CCC(Sc1ccccc1)C(=O)N1CCC(CC)(CO)CC1. The molecule has 0 radical (unpaired) electrons. The molecule has 3 nitrogen and oxygen atoms in total.